The molecule has 1 aliphatic heterocycles. The maximum atomic E-state index is 4.83. The van der Waals surface area contributed by atoms with Crippen molar-refractivity contribution in [3.05, 3.63) is 35.3 Å². The van der Waals surface area contributed by atoms with Gasteiger partial charge < -0.3 is 20.4 Å². The Hall–Kier alpha value is -3.27. The van der Waals surface area contributed by atoms with Gasteiger partial charge in [-0.3, -0.25) is 4.68 Å². The maximum absolute atomic E-state index is 4.83. The fourth-order valence-corrected chi connectivity index (χ4v) is 4.31. The van der Waals surface area contributed by atoms with E-state index in [1.807, 2.05) is 19.4 Å². The van der Waals surface area contributed by atoms with E-state index in [1.165, 1.54) is 24.0 Å². The van der Waals surface area contributed by atoms with E-state index in [9.17, 15) is 0 Å². The molecule has 0 bridgehead atoms. The molecule has 2 fully saturated rings. The zero-order valence-corrected chi connectivity index (χ0v) is 20.0. The van der Waals surface area contributed by atoms with Crippen molar-refractivity contribution >= 4 is 29.1 Å². The number of hydrogen-bond acceptors (Lipinski definition) is 9. The highest BCUT2D eigenvalue weighted by molar-refractivity contribution is 5.71. The smallest absolute Gasteiger partial charge is 0.230 e. The van der Waals surface area contributed by atoms with Gasteiger partial charge in [-0.25, -0.2) is 9.97 Å². The van der Waals surface area contributed by atoms with Gasteiger partial charge in [-0.1, -0.05) is 5.21 Å². The second-order valence-corrected chi connectivity index (χ2v) is 9.31. The van der Waals surface area contributed by atoms with Crippen LogP contribution in [0, 0.1) is 13.8 Å². The van der Waals surface area contributed by atoms with E-state index >= 15 is 0 Å². The van der Waals surface area contributed by atoms with Gasteiger partial charge in [-0.2, -0.15) is 4.98 Å². The lowest BCUT2D eigenvalue weighted by atomic mass is 10.0. The molecule has 3 aromatic rings. The lowest BCUT2D eigenvalue weighted by molar-refractivity contribution is 0.234. The average Bonchev–Trinajstić information content (AvgIpc) is 3.55. The van der Waals surface area contributed by atoms with Gasteiger partial charge in [-0.05, 0) is 63.8 Å². The zero-order chi connectivity index (χ0) is 23.1. The maximum Gasteiger partial charge on any atom is 0.230 e. The molecule has 0 aromatic carbocycles. The lowest BCUT2D eigenvalue weighted by Crippen LogP contribution is -2.50. The van der Waals surface area contributed by atoms with Crippen molar-refractivity contribution in [3.8, 4) is 0 Å². The standard InChI is InChI=1S/C23H32N10/c1-14-12-33(9-8-31(14)4)19-11-24-23(28-22(19)26-21-13-32(5)30-29-21)27-20-10-18(17-6-7-17)15(2)16(3)25-20/h10-11,13-14,17H,6-9,12H2,1-5H3,(H2,24,25,26,27,28). The highest BCUT2D eigenvalue weighted by Gasteiger charge is 2.27. The highest BCUT2D eigenvalue weighted by atomic mass is 15.4. The summed E-state index contributed by atoms with van der Waals surface area (Å²) in [5, 5.41) is 14.9. The van der Waals surface area contributed by atoms with Gasteiger partial charge in [0.2, 0.25) is 5.95 Å². The molecule has 1 saturated carbocycles. The lowest BCUT2D eigenvalue weighted by Gasteiger charge is -2.39. The monoisotopic (exact) mass is 448 g/mol. The summed E-state index contributed by atoms with van der Waals surface area (Å²) in [4.78, 5) is 18.9. The zero-order valence-electron chi connectivity index (χ0n) is 20.0. The van der Waals surface area contributed by atoms with E-state index in [0.717, 1.165) is 36.8 Å². The van der Waals surface area contributed by atoms with Gasteiger partial charge in [0.05, 0.1) is 18.1 Å². The third-order valence-electron chi connectivity index (χ3n) is 6.73. The second kappa shape index (κ2) is 8.58. The highest BCUT2D eigenvalue weighted by Crippen LogP contribution is 2.42. The molecule has 3 aromatic heterocycles. The van der Waals surface area contributed by atoms with Crippen molar-refractivity contribution < 1.29 is 0 Å². The number of aryl methyl sites for hydroxylation is 2. The third-order valence-corrected chi connectivity index (χ3v) is 6.73. The summed E-state index contributed by atoms with van der Waals surface area (Å²) in [5.41, 5.74) is 4.67. The van der Waals surface area contributed by atoms with Crippen molar-refractivity contribution in [1.82, 2.24) is 34.8 Å². The number of piperazine rings is 1. The van der Waals surface area contributed by atoms with Gasteiger partial charge >= 0.3 is 0 Å². The number of nitrogens with one attached hydrogen (secondary N) is 2. The summed E-state index contributed by atoms with van der Waals surface area (Å²) in [6, 6.07) is 2.59. The molecule has 1 aliphatic carbocycles. The number of aromatic nitrogens is 6. The van der Waals surface area contributed by atoms with Crippen LogP contribution >= 0.6 is 0 Å². The predicted octanol–water partition coefficient (Wildman–Crippen LogP) is 3.12. The van der Waals surface area contributed by atoms with E-state index in [4.69, 9.17) is 9.97 Å². The molecule has 5 rings (SSSR count). The number of pyridine rings is 1. The summed E-state index contributed by atoms with van der Waals surface area (Å²) in [6.45, 7) is 9.27. The molecule has 10 nitrogen and oxygen atoms in total. The number of rotatable bonds is 6. The number of nitrogens with zero attached hydrogens (tertiary/aromatic N) is 8. The largest absolute Gasteiger partial charge is 0.364 e. The van der Waals surface area contributed by atoms with E-state index in [-0.39, 0.29) is 0 Å². The minimum Gasteiger partial charge on any atom is -0.364 e. The minimum atomic E-state index is 0.446. The topological polar surface area (TPSA) is 99.9 Å². The Labute approximate surface area is 194 Å². The van der Waals surface area contributed by atoms with Crippen LogP contribution in [0.5, 0.6) is 0 Å². The van der Waals surface area contributed by atoms with Crippen LogP contribution in [0.4, 0.5) is 29.1 Å². The van der Waals surface area contributed by atoms with Crippen LogP contribution in [0.2, 0.25) is 0 Å². The van der Waals surface area contributed by atoms with Gasteiger partial charge in [0, 0.05) is 38.4 Å². The summed E-state index contributed by atoms with van der Waals surface area (Å²) >= 11 is 0. The van der Waals surface area contributed by atoms with Crippen molar-refractivity contribution in [2.45, 2.75) is 45.6 Å². The SMILES string of the molecule is Cc1nc(Nc2ncc(N3CCN(C)C(C)C3)c(Nc3cn(C)nn3)n2)cc(C2CC2)c1C. The van der Waals surface area contributed by atoms with Crippen LogP contribution in [0.3, 0.4) is 0 Å². The Morgan fingerprint density at radius 1 is 1.03 bits per heavy atom. The molecule has 174 valence electrons. The number of likely N-dealkylation sites (N-methyl/N-ethyl adjacent to an activating group) is 1. The van der Waals surface area contributed by atoms with Crippen LogP contribution in [-0.4, -0.2) is 67.6 Å². The third kappa shape index (κ3) is 4.61. The van der Waals surface area contributed by atoms with Gasteiger partial charge in [0.25, 0.3) is 0 Å². The van der Waals surface area contributed by atoms with Crippen LogP contribution < -0.4 is 15.5 Å². The van der Waals surface area contributed by atoms with Gasteiger partial charge in [-0.15, -0.1) is 5.10 Å². The number of hydrogen-bond donors (Lipinski definition) is 2. The molecular formula is C23H32N10. The fraction of sp³-hybridized carbons (Fsp3) is 0.522. The van der Waals surface area contributed by atoms with E-state index in [2.05, 4.69) is 69.6 Å². The molecule has 2 N–H and O–H groups in total. The van der Waals surface area contributed by atoms with Crippen LogP contribution in [0.1, 0.15) is 42.5 Å². The molecule has 33 heavy (non-hydrogen) atoms. The summed E-state index contributed by atoms with van der Waals surface area (Å²) in [5.74, 6) is 3.29. The molecular weight excluding hydrogens is 416 g/mol. The summed E-state index contributed by atoms with van der Waals surface area (Å²) < 4.78 is 1.67. The molecule has 1 atom stereocenters. The van der Waals surface area contributed by atoms with Crippen LogP contribution in [0.25, 0.3) is 0 Å². The minimum absolute atomic E-state index is 0.446. The molecule has 10 heteroatoms. The van der Waals surface area contributed by atoms with Crippen LogP contribution in [-0.2, 0) is 7.05 Å². The second-order valence-electron chi connectivity index (χ2n) is 9.31. The Balaban J connectivity index is 1.46. The number of anilines is 5. The fourth-order valence-electron chi connectivity index (χ4n) is 4.31. The first-order valence-electron chi connectivity index (χ1n) is 11.6. The molecule has 1 unspecified atom stereocenters. The Morgan fingerprint density at radius 3 is 2.55 bits per heavy atom. The first kappa shape index (κ1) is 21.6. The average molecular weight is 449 g/mol. The summed E-state index contributed by atoms with van der Waals surface area (Å²) in [7, 11) is 4.01. The van der Waals surface area contributed by atoms with Crippen molar-refractivity contribution in [1.29, 1.82) is 0 Å². The Morgan fingerprint density at radius 2 is 1.85 bits per heavy atom. The van der Waals surface area contributed by atoms with Crippen LogP contribution in [0.15, 0.2) is 18.5 Å². The molecule has 0 spiro atoms. The molecule has 1 saturated heterocycles. The van der Waals surface area contributed by atoms with E-state index in [0.29, 0.717) is 29.5 Å². The normalized spacial score (nSPS) is 19.1. The quantitative estimate of drug-likeness (QED) is 0.589. The Bertz CT molecular complexity index is 1150. The first-order valence-corrected chi connectivity index (χ1v) is 11.6. The van der Waals surface area contributed by atoms with E-state index < -0.39 is 0 Å². The van der Waals surface area contributed by atoms with E-state index in [1.54, 1.807) is 4.68 Å². The van der Waals surface area contributed by atoms with Crippen molar-refractivity contribution in [2.75, 3.05) is 42.2 Å². The Kier molecular flexibility index (Phi) is 5.61. The molecule has 4 heterocycles. The van der Waals surface area contributed by atoms with Gasteiger partial charge in [0.1, 0.15) is 5.82 Å². The molecule has 2 aliphatic rings. The summed E-state index contributed by atoms with van der Waals surface area (Å²) in [6.07, 6.45) is 6.22. The first-order chi connectivity index (χ1) is 15.9. The van der Waals surface area contributed by atoms with Gasteiger partial charge in [0.15, 0.2) is 11.6 Å². The van der Waals surface area contributed by atoms with Crippen molar-refractivity contribution in [2.24, 2.45) is 7.05 Å². The molecule has 0 amide bonds. The predicted molar refractivity (Wildman–Crippen MR) is 130 cm³/mol. The van der Waals surface area contributed by atoms with Crippen molar-refractivity contribution in [3.63, 3.8) is 0 Å². The molecule has 0 radical (unpaired) electrons.